The zero-order valence-corrected chi connectivity index (χ0v) is 11.8. The fraction of sp³-hybridized carbons (Fsp3) is 0.333. The van der Waals surface area contributed by atoms with E-state index >= 15 is 0 Å². The van der Waals surface area contributed by atoms with Crippen molar-refractivity contribution in [2.45, 2.75) is 20.3 Å². The standard InChI is InChI=1S/C12H13N5O2S/c1-7(2)6-9-14-15-12-17(9)16-11(20-12)13-10(18)8-4-3-5-19-8/h3-5,7H,6H2,1-2H3,(H,13,16,18). The van der Waals surface area contributed by atoms with Crippen molar-refractivity contribution in [2.75, 3.05) is 5.32 Å². The van der Waals surface area contributed by atoms with Gasteiger partial charge in [0, 0.05) is 6.42 Å². The van der Waals surface area contributed by atoms with Gasteiger partial charge < -0.3 is 4.42 Å². The highest BCUT2D eigenvalue weighted by Gasteiger charge is 2.15. The summed E-state index contributed by atoms with van der Waals surface area (Å²) in [6, 6.07) is 3.26. The molecule has 3 rings (SSSR count). The predicted octanol–water partition coefficient (Wildman–Crippen LogP) is 2.23. The summed E-state index contributed by atoms with van der Waals surface area (Å²) in [7, 11) is 0. The zero-order chi connectivity index (χ0) is 14.1. The van der Waals surface area contributed by atoms with Crippen molar-refractivity contribution in [1.29, 1.82) is 0 Å². The largest absolute Gasteiger partial charge is 0.459 e. The zero-order valence-electron chi connectivity index (χ0n) is 11.0. The minimum atomic E-state index is -0.328. The van der Waals surface area contributed by atoms with Crippen molar-refractivity contribution in [3.63, 3.8) is 0 Å². The van der Waals surface area contributed by atoms with E-state index in [0.29, 0.717) is 16.0 Å². The first kappa shape index (κ1) is 12.8. The van der Waals surface area contributed by atoms with E-state index in [0.717, 1.165) is 12.2 Å². The maximum Gasteiger partial charge on any atom is 0.293 e. The van der Waals surface area contributed by atoms with Gasteiger partial charge >= 0.3 is 0 Å². The Bertz CT molecular complexity index is 728. The molecule has 0 aliphatic heterocycles. The highest BCUT2D eigenvalue weighted by molar-refractivity contribution is 7.20. The molecule has 1 amide bonds. The molecular formula is C12H13N5O2S. The molecule has 3 heterocycles. The fourth-order valence-electron chi connectivity index (χ4n) is 1.77. The van der Waals surface area contributed by atoms with Crippen molar-refractivity contribution < 1.29 is 9.21 Å². The molecule has 0 bridgehead atoms. The number of nitrogens with one attached hydrogen (secondary N) is 1. The van der Waals surface area contributed by atoms with Crippen LogP contribution >= 0.6 is 11.3 Å². The molecule has 1 N–H and O–H groups in total. The Morgan fingerprint density at radius 2 is 2.35 bits per heavy atom. The van der Waals surface area contributed by atoms with Crippen LogP contribution in [-0.4, -0.2) is 25.7 Å². The molecule has 8 heteroatoms. The molecule has 7 nitrogen and oxygen atoms in total. The Hall–Kier alpha value is -2.22. The van der Waals surface area contributed by atoms with Crippen LogP contribution < -0.4 is 5.32 Å². The van der Waals surface area contributed by atoms with Gasteiger partial charge in [-0.25, -0.2) is 0 Å². The number of hydrogen-bond donors (Lipinski definition) is 1. The lowest BCUT2D eigenvalue weighted by Gasteiger charge is -2.00. The van der Waals surface area contributed by atoms with Gasteiger partial charge in [0.2, 0.25) is 10.1 Å². The maximum atomic E-state index is 11.9. The second-order valence-electron chi connectivity index (χ2n) is 4.75. The van der Waals surface area contributed by atoms with Crippen LogP contribution in [0.15, 0.2) is 22.8 Å². The number of furan rings is 1. The van der Waals surface area contributed by atoms with Gasteiger partial charge in [-0.05, 0) is 18.1 Å². The van der Waals surface area contributed by atoms with Crippen molar-refractivity contribution in [3.05, 3.63) is 30.0 Å². The van der Waals surface area contributed by atoms with Crippen LogP contribution in [0.25, 0.3) is 4.96 Å². The topological polar surface area (TPSA) is 85.3 Å². The molecule has 104 valence electrons. The molecule has 3 aromatic heterocycles. The van der Waals surface area contributed by atoms with Crippen LogP contribution in [0.5, 0.6) is 0 Å². The second-order valence-corrected chi connectivity index (χ2v) is 5.70. The summed E-state index contributed by atoms with van der Waals surface area (Å²) in [5.74, 6) is 1.18. The van der Waals surface area contributed by atoms with Gasteiger partial charge in [0.15, 0.2) is 11.6 Å². The van der Waals surface area contributed by atoms with Crippen molar-refractivity contribution in [1.82, 2.24) is 19.8 Å². The highest BCUT2D eigenvalue weighted by Crippen LogP contribution is 2.20. The maximum absolute atomic E-state index is 11.9. The molecule has 0 radical (unpaired) electrons. The molecule has 0 saturated carbocycles. The first-order valence-electron chi connectivity index (χ1n) is 6.19. The highest BCUT2D eigenvalue weighted by atomic mass is 32.1. The number of aromatic nitrogens is 4. The van der Waals surface area contributed by atoms with E-state index in [2.05, 4.69) is 34.5 Å². The van der Waals surface area contributed by atoms with Crippen LogP contribution in [0.3, 0.4) is 0 Å². The first-order valence-corrected chi connectivity index (χ1v) is 7.01. The van der Waals surface area contributed by atoms with Gasteiger partial charge in [-0.3, -0.25) is 10.1 Å². The Labute approximate surface area is 118 Å². The van der Waals surface area contributed by atoms with Crippen molar-refractivity contribution in [3.8, 4) is 0 Å². The molecule has 0 spiro atoms. The number of rotatable bonds is 4. The fourth-order valence-corrected chi connectivity index (χ4v) is 2.52. The average Bonchev–Trinajstić information content (AvgIpc) is 3.06. The van der Waals surface area contributed by atoms with E-state index in [1.807, 2.05) is 0 Å². The SMILES string of the molecule is CC(C)Cc1nnc2sc(NC(=O)c3ccco3)nn12. The smallest absolute Gasteiger partial charge is 0.293 e. The summed E-state index contributed by atoms with van der Waals surface area (Å²) in [5.41, 5.74) is 0. The minimum Gasteiger partial charge on any atom is -0.459 e. The lowest BCUT2D eigenvalue weighted by molar-refractivity contribution is 0.0996. The van der Waals surface area contributed by atoms with E-state index in [-0.39, 0.29) is 11.7 Å². The van der Waals surface area contributed by atoms with E-state index in [4.69, 9.17) is 4.42 Å². The molecule has 0 unspecified atom stereocenters. The van der Waals surface area contributed by atoms with Gasteiger partial charge in [-0.2, -0.15) is 4.52 Å². The molecule has 0 aliphatic carbocycles. The summed E-state index contributed by atoms with van der Waals surface area (Å²) in [6.45, 7) is 4.21. The number of amides is 1. The van der Waals surface area contributed by atoms with E-state index in [1.165, 1.54) is 17.6 Å². The number of carbonyl (C=O) groups excluding carboxylic acids is 1. The van der Waals surface area contributed by atoms with Gasteiger partial charge in [-0.15, -0.1) is 15.3 Å². The van der Waals surface area contributed by atoms with Gasteiger partial charge in [0.05, 0.1) is 6.26 Å². The third-order valence-electron chi connectivity index (χ3n) is 2.61. The summed E-state index contributed by atoms with van der Waals surface area (Å²) in [4.78, 5) is 12.5. The predicted molar refractivity (Wildman–Crippen MR) is 73.9 cm³/mol. The monoisotopic (exact) mass is 291 g/mol. The van der Waals surface area contributed by atoms with Gasteiger partial charge in [0.25, 0.3) is 5.91 Å². The van der Waals surface area contributed by atoms with Crippen molar-refractivity contribution in [2.24, 2.45) is 5.92 Å². The third kappa shape index (κ3) is 2.42. The number of anilines is 1. The summed E-state index contributed by atoms with van der Waals surface area (Å²) >= 11 is 1.28. The number of hydrogen-bond acceptors (Lipinski definition) is 6. The Morgan fingerprint density at radius 1 is 1.50 bits per heavy atom. The van der Waals surface area contributed by atoms with E-state index in [9.17, 15) is 4.79 Å². The van der Waals surface area contributed by atoms with Crippen LogP contribution in [0.4, 0.5) is 5.13 Å². The second kappa shape index (κ2) is 5.04. The van der Waals surface area contributed by atoms with Crippen LogP contribution in [0, 0.1) is 5.92 Å². The number of fused-ring (bicyclic) bond motifs is 1. The molecule has 0 aliphatic rings. The molecule has 0 saturated heterocycles. The lowest BCUT2D eigenvalue weighted by Crippen LogP contribution is -2.11. The van der Waals surface area contributed by atoms with Crippen molar-refractivity contribution >= 4 is 27.3 Å². The van der Waals surface area contributed by atoms with Crippen LogP contribution in [0.1, 0.15) is 30.2 Å². The molecule has 20 heavy (non-hydrogen) atoms. The van der Waals surface area contributed by atoms with Gasteiger partial charge in [-0.1, -0.05) is 25.2 Å². The summed E-state index contributed by atoms with van der Waals surface area (Å²) in [6.07, 6.45) is 2.24. The Balaban J connectivity index is 1.83. The number of carbonyl (C=O) groups is 1. The lowest BCUT2D eigenvalue weighted by atomic mass is 10.1. The normalized spacial score (nSPS) is 11.3. The average molecular weight is 291 g/mol. The quantitative estimate of drug-likeness (QED) is 0.796. The van der Waals surface area contributed by atoms with Crippen LogP contribution in [-0.2, 0) is 6.42 Å². The van der Waals surface area contributed by atoms with Crippen LogP contribution in [0.2, 0.25) is 0 Å². The van der Waals surface area contributed by atoms with E-state index < -0.39 is 0 Å². The molecule has 3 aromatic rings. The Morgan fingerprint density at radius 3 is 3.05 bits per heavy atom. The van der Waals surface area contributed by atoms with E-state index in [1.54, 1.807) is 16.6 Å². The molecule has 0 atom stereocenters. The Kier molecular flexibility index (Phi) is 3.23. The third-order valence-corrected chi connectivity index (χ3v) is 3.43. The van der Waals surface area contributed by atoms with Gasteiger partial charge in [0.1, 0.15) is 0 Å². The molecule has 0 fully saturated rings. The summed E-state index contributed by atoms with van der Waals surface area (Å²) in [5, 5.41) is 15.6. The first-order chi connectivity index (χ1) is 9.63. The molecule has 0 aromatic carbocycles. The molecular weight excluding hydrogens is 278 g/mol. The minimum absolute atomic E-state index is 0.248. The summed E-state index contributed by atoms with van der Waals surface area (Å²) < 4.78 is 6.70. The number of nitrogens with zero attached hydrogens (tertiary/aromatic N) is 4.